The smallest absolute Gasteiger partial charge is 0.174 e. The van der Waals surface area contributed by atoms with Gasteiger partial charge in [0.05, 0.1) is 0 Å². The van der Waals surface area contributed by atoms with E-state index in [4.69, 9.17) is 5.11 Å². The molecule has 4 heteroatoms. The molecule has 0 aliphatic heterocycles. The van der Waals surface area contributed by atoms with Gasteiger partial charge in [-0.2, -0.15) is 0 Å². The van der Waals surface area contributed by atoms with Crippen LogP contribution < -0.4 is 0 Å². The highest BCUT2D eigenvalue weighted by atomic mass is 19.1. The Kier molecular flexibility index (Phi) is 3.73. The number of halogens is 2. The second-order valence-corrected chi connectivity index (χ2v) is 2.69. The summed E-state index contributed by atoms with van der Waals surface area (Å²) in [6.07, 6.45) is 1.59. The highest BCUT2D eigenvalue weighted by molar-refractivity contribution is 5.49. The van der Waals surface area contributed by atoms with Gasteiger partial charge in [0.25, 0.3) is 0 Å². The number of hydrogen-bond donors (Lipinski definition) is 1. The fourth-order valence-electron chi connectivity index (χ4n) is 0.943. The van der Waals surface area contributed by atoms with Crippen LogP contribution in [0.15, 0.2) is 24.3 Å². The highest BCUT2D eigenvalue weighted by Crippen LogP contribution is 2.09. The van der Waals surface area contributed by atoms with E-state index in [9.17, 15) is 8.78 Å². The third-order valence-corrected chi connectivity index (χ3v) is 1.58. The number of aliphatic hydroxyl groups excluding tert-OH is 1. The molecule has 0 aliphatic carbocycles. The van der Waals surface area contributed by atoms with Gasteiger partial charge in [0.2, 0.25) is 0 Å². The molecule has 0 aliphatic rings. The zero-order chi connectivity index (χ0) is 10.6. The molecule has 1 unspecified atom stereocenters. The lowest BCUT2D eigenvalue weighted by Crippen LogP contribution is -2.03. The van der Waals surface area contributed by atoms with E-state index in [0.29, 0.717) is 5.56 Å². The third kappa shape index (κ3) is 3.24. The molecule has 1 N–H and O–H groups in total. The average Bonchev–Trinajstić information content (AvgIpc) is 2.12. The molecule has 2 nitrogen and oxygen atoms in total. The Morgan fingerprint density at radius 3 is 2.36 bits per heavy atom. The van der Waals surface area contributed by atoms with Gasteiger partial charge in [0, 0.05) is 13.2 Å². The predicted molar refractivity (Wildman–Crippen MR) is 48.4 cm³/mol. The first kappa shape index (κ1) is 10.8. The Hall–Kier alpha value is -1.26. The minimum atomic E-state index is -1.07. The second kappa shape index (κ2) is 4.83. The molecule has 0 radical (unpaired) electrons. The number of hydrogen-bond acceptors (Lipinski definition) is 2. The van der Waals surface area contributed by atoms with E-state index in [1.165, 1.54) is 19.3 Å². The molecular weight excluding hydrogens is 190 g/mol. The molecule has 0 saturated heterocycles. The fraction of sp³-hybridized carbons (Fsp3) is 0.200. The largest absolute Gasteiger partial charge is 0.365 e. The molecule has 0 amide bonds. The summed E-state index contributed by atoms with van der Waals surface area (Å²) in [7, 11) is 1.32. The van der Waals surface area contributed by atoms with E-state index in [-0.39, 0.29) is 0 Å². The zero-order valence-electron chi connectivity index (χ0n) is 7.58. The Bertz CT molecular complexity index is 317. The van der Waals surface area contributed by atoms with Crippen LogP contribution >= 0.6 is 0 Å². The van der Waals surface area contributed by atoms with E-state index >= 15 is 0 Å². The Balaban J connectivity index is 2.81. The fourth-order valence-corrected chi connectivity index (χ4v) is 0.943. The maximum atomic E-state index is 12.7. The van der Waals surface area contributed by atoms with Crippen molar-refractivity contribution in [3.63, 3.8) is 0 Å². The Morgan fingerprint density at radius 1 is 1.29 bits per heavy atom. The van der Waals surface area contributed by atoms with Crippen molar-refractivity contribution < 1.29 is 18.6 Å². The number of ether oxygens (including phenoxy) is 1. The van der Waals surface area contributed by atoms with Gasteiger partial charge in [-0.3, -0.25) is 0 Å². The van der Waals surface area contributed by atoms with Crippen molar-refractivity contribution in [2.75, 3.05) is 7.11 Å². The first-order valence-electron chi connectivity index (χ1n) is 3.97. The van der Waals surface area contributed by atoms with Crippen LogP contribution in [0.3, 0.4) is 0 Å². The van der Waals surface area contributed by atoms with Gasteiger partial charge in [-0.15, -0.1) is 0 Å². The van der Waals surface area contributed by atoms with Crippen LogP contribution in [-0.4, -0.2) is 18.5 Å². The van der Waals surface area contributed by atoms with Crippen LogP contribution in [0.1, 0.15) is 5.56 Å². The number of benzene rings is 1. The summed E-state index contributed by atoms with van der Waals surface area (Å²) >= 11 is 0. The minimum Gasteiger partial charge on any atom is -0.365 e. The molecule has 76 valence electrons. The summed E-state index contributed by atoms with van der Waals surface area (Å²) < 4.78 is 29.8. The summed E-state index contributed by atoms with van der Waals surface area (Å²) in [5, 5.41) is 8.96. The molecule has 1 atom stereocenters. The molecule has 14 heavy (non-hydrogen) atoms. The molecular formula is C10H10F2O2. The van der Waals surface area contributed by atoms with Crippen molar-refractivity contribution in [3.8, 4) is 0 Å². The molecule has 1 rings (SSSR count). The summed E-state index contributed by atoms with van der Waals surface area (Å²) in [5.41, 5.74) is 0.332. The molecule has 0 aromatic heterocycles. The molecule has 0 fully saturated rings. The van der Waals surface area contributed by atoms with Crippen LogP contribution in [0, 0.1) is 11.6 Å². The molecule has 0 saturated carbocycles. The first-order chi connectivity index (χ1) is 6.61. The van der Waals surface area contributed by atoms with Crippen LogP contribution in [0.25, 0.3) is 6.08 Å². The zero-order valence-corrected chi connectivity index (χ0v) is 7.58. The van der Waals surface area contributed by atoms with Crippen molar-refractivity contribution in [1.29, 1.82) is 0 Å². The van der Waals surface area contributed by atoms with Crippen molar-refractivity contribution in [2.45, 2.75) is 6.29 Å². The van der Waals surface area contributed by atoms with Gasteiger partial charge in [-0.25, -0.2) is 8.78 Å². The van der Waals surface area contributed by atoms with E-state index in [1.54, 1.807) is 0 Å². The number of methoxy groups -OCH3 is 1. The van der Waals surface area contributed by atoms with Gasteiger partial charge in [0.1, 0.15) is 11.6 Å². The predicted octanol–water partition coefficient (Wildman–Crippen LogP) is 1.94. The SMILES string of the molecule is COC(O)/C=C/c1cc(F)cc(F)c1. The summed E-state index contributed by atoms with van der Waals surface area (Å²) in [5.74, 6) is -1.31. The number of aliphatic hydroxyl groups is 1. The standard InChI is InChI=1S/C10H10F2O2/c1-14-10(13)3-2-7-4-8(11)6-9(12)5-7/h2-6,10,13H,1H3/b3-2+. The average molecular weight is 200 g/mol. The van der Waals surface area contributed by atoms with E-state index in [1.807, 2.05) is 0 Å². The number of rotatable bonds is 3. The molecule has 0 bridgehead atoms. The lowest BCUT2D eigenvalue weighted by Gasteiger charge is -2.00. The topological polar surface area (TPSA) is 29.5 Å². The Labute approximate surface area is 80.4 Å². The minimum absolute atomic E-state index is 0.332. The monoisotopic (exact) mass is 200 g/mol. The van der Waals surface area contributed by atoms with Crippen LogP contribution in [0.5, 0.6) is 0 Å². The van der Waals surface area contributed by atoms with E-state index in [2.05, 4.69) is 4.74 Å². The lowest BCUT2D eigenvalue weighted by molar-refractivity contribution is -0.0350. The van der Waals surface area contributed by atoms with Gasteiger partial charge in [-0.1, -0.05) is 6.08 Å². The van der Waals surface area contributed by atoms with Gasteiger partial charge >= 0.3 is 0 Å². The summed E-state index contributed by atoms with van der Waals surface area (Å²) in [6, 6.07) is 3.09. The molecule has 1 aromatic rings. The van der Waals surface area contributed by atoms with Crippen molar-refractivity contribution in [1.82, 2.24) is 0 Å². The van der Waals surface area contributed by atoms with E-state index < -0.39 is 17.9 Å². The highest BCUT2D eigenvalue weighted by Gasteiger charge is 1.98. The van der Waals surface area contributed by atoms with Crippen LogP contribution in [0.4, 0.5) is 8.78 Å². The van der Waals surface area contributed by atoms with Crippen molar-refractivity contribution in [3.05, 3.63) is 41.5 Å². The maximum absolute atomic E-state index is 12.7. The quantitative estimate of drug-likeness (QED) is 0.755. The molecule has 0 spiro atoms. The van der Waals surface area contributed by atoms with Crippen LogP contribution in [0.2, 0.25) is 0 Å². The van der Waals surface area contributed by atoms with Gasteiger partial charge in [-0.05, 0) is 23.8 Å². The normalized spacial score (nSPS) is 13.4. The van der Waals surface area contributed by atoms with Crippen LogP contribution in [-0.2, 0) is 4.74 Å². The first-order valence-corrected chi connectivity index (χ1v) is 3.97. The maximum Gasteiger partial charge on any atom is 0.174 e. The van der Waals surface area contributed by atoms with Gasteiger partial charge in [0.15, 0.2) is 6.29 Å². The molecule has 0 heterocycles. The molecule has 1 aromatic carbocycles. The van der Waals surface area contributed by atoms with Crippen molar-refractivity contribution in [2.24, 2.45) is 0 Å². The van der Waals surface area contributed by atoms with E-state index in [0.717, 1.165) is 18.2 Å². The van der Waals surface area contributed by atoms with Gasteiger partial charge < -0.3 is 9.84 Å². The van der Waals surface area contributed by atoms with Crippen molar-refractivity contribution >= 4 is 6.08 Å². The second-order valence-electron chi connectivity index (χ2n) is 2.69. The summed E-state index contributed by atoms with van der Waals surface area (Å²) in [6.45, 7) is 0. The lowest BCUT2D eigenvalue weighted by atomic mass is 10.2. The Morgan fingerprint density at radius 2 is 1.86 bits per heavy atom. The summed E-state index contributed by atoms with van der Waals surface area (Å²) in [4.78, 5) is 0. The third-order valence-electron chi connectivity index (χ3n) is 1.58.